The topological polar surface area (TPSA) is 94.6 Å². The van der Waals surface area contributed by atoms with Gasteiger partial charge in [-0.05, 0) is 20.9 Å². The van der Waals surface area contributed by atoms with E-state index in [1.165, 1.54) is 0 Å². The molecule has 0 heterocycles. The second-order valence-electron chi connectivity index (χ2n) is 10.7. The summed E-state index contributed by atoms with van der Waals surface area (Å²) < 4.78 is 23.1. The number of carbonyl (C=O) groups is 3. The van der Waals surface area contributed by atoms with E-state index in [2.05, 4.69) is 18.7 Å². The number of likely N-dealkylation sites (N-methyl/N-ethyl adjacent to an activating group) is 1. The van der Waals surface area contributed by atoms with Crippen molar-refractivity contribution in [3.8, 4) is 0 Å². The molecule has 0 aromatic heterocycles. The first-order valence-corrected chi connectivity index (χ1v) is 13.3. The lowest BCUT2D eigenvalue weighted by Gasteiger charge is -2.36. The number of ketones is 2. The van der Waals surface area contributed by atoms with Crippen LogP contribution in [0.5, 0.6) is 0 Å². The van der Waals surface area contributed by atoms with Crippen LogP contribution < -0.4 is 0 Å². The van der Waals surface area contributed by atoms with Gasteiger partial charge in [0.1, 0.15) is 18.2 Å². The highest BCUT2D eigenvalue weighted by Crippen LogP contribution is 2.26. The normalized spacial score (nSPS) is 17.9. The SMILES string of the molecule is CC(C)C(=O)CCOCC(COCCC(=O)C(C)C)N(C)C(=O)COC1CC(OCN(C)C(C)C)C1. The van der Waals surface area contributed by atoms with Crippen molar-refractivity contribution < 1.29 is 33.3 Å². The standard InChI is InChI=1S/C27H50N2O7/c1-19(2)25(30)9-11-33-15-22(16-34-12-10-26(31)20(3)4)29(8)27(32)17-35-23-13-24(14-23)36-18-28(7)21(5)6/h19-24H,9-18H2,1-8H3. The summed E-state index contributed by atoms with van der Waals surface area (Å²) in [4.78, 5) is 40.2. The molecule has 9 nitrogen and oxygen atoms in total. The van der Waals surface area contributed by atoms with Crippen molar-refractivity contribution in [2.45, 2.75) is 91.5 Å². The maximum atomic E-state index is 12.8. The predicted molar refractivity (Wildman–Crippen MR) is 139 cm³/mol. The zero-order valence-corrected chi connectivity index (χ0v) is 23.8. The van der Waals surface area contributed by atoms with Gasteiger partial charge in [0.25, 0.3) is 0 Å². The maximum absolute atomic E-state index is 12.8. The van der Waals surface area contributed by atoms with E-state index in [1.54, 1.807) is 11.9 Å². The van der Waals surface area contributed by atoms with Gasteiger partial charge < -0.3 is 23.8 Å². The fourth-order valence-corrected chi connectivity index (χ4v) is 3.29. The third kappa shape index (κ3) is 12.7. The molecule has 1 rings (SSSR count). The first-order valence-electron chi connectivity index (χ1n) is 13.3. The van der Waals surface area contributed by atoms with E-state index in [9.17, 15) is 14.4 Å². The van der Waals surface area contributed by atoms with Gasteiger partial charge in [-0.25, -0.2) is 0 Å². The highest BCUT2D eigenvalue weighted by molar-refractivity contribution is 5.80. The number of Topliss-reactive ketones (excluding diaryl/α,β-unsaturated/α-hetero) is 2. The molecule has 0 bridgehead atoms. The van der Waals surface area contributed by atoms with Gasteiger partial charge in [0.05, 0.1) is 51.4 Å². The number of hydrogen-bond acceptors (Lipinski definition) is 8. The number of ether oxygens (including phenoxy) is 4. The minimum absolute atomic E-state index is 0.0199. The molecule has 36 heavy (non-hydrogen) atoms. The van der Waals surface area contributed by atoms with Crippen molar-refractivity contribution in [1.29, 1.82) is 0 Å². The lowest BCUT2D eigenvalue weighted by molar-refractivity contribution is -0.153. The minimum atomic E-state index is -0.339. The number of carbonyl (C=O) groups excluding carboxylic acids is 3. The smallest absolute Gasteiger partial charge is 0.248 e. The van der Waals surface area contributed by atoms with Crippen LogP contribution in [0.1, 0.15) is 67.2 Å². The summed E-state index contributed by atoms with van der Waals surface area (Å²) in [6, 6.07) is 0.0889. The van der Waals surface area contributed by atoms with Crippen LogP contribution in [-0.4, -0.2) is 105 Å². The maximum Gasteiger partial charge on any atom is 0.248 e. The van der Waals surface area contributed by atoms with E-state index < -0.39 is 0 Å². The van der Waals surface area contributed by atoms with Gasteiger partial charge in [-0.2, -0.15) is 0 Å². The van der Waals surface area contributed by atoms with Crippen molar-refractivity contribution in [3.05, 3.63) is 0 Å². The summed E-state index contributed by atoms with van der Waals surface area (Å²) in [7, 11) is 3.73. The first-order chi connectivity index (χ1) is 16.9. The highest BCUT2D eigenvalue weighted by Gasteiger charge is 2.32. The van der Waals surface area contributed by atoms with Crippen LogP contribution in [0.25, 0.3) is 0 Å². The summed E-state index contributed by atoms with van der Waals surface area (Å²) in [6.45, 7) is 13.4. The Bertz CT molecular complexity index is 635. The fraction of sp³-hybridized carbons (Fsp3) is 0.889. The van der Waals surface area contributed by atoms with Gasteiger partial charge in [0.15, 0.2) is 0 Å². The lowest BCUT2D eigenvalue weighted by Crippen LogP contribution is -2.46. The molecule has 0 N–H and O–H groups in total. The van der Waals surface area contributed by atoms with E-state index in [0.717, 1.165) is 12.8 Å². The van der Waals surface area contributed by atoms with Crippen LogP contribution >= 0.6 is 0 Å². The molecule has 0 atom stereocenters. The summed E-state index contributed by atoms with van der Waals surface area (Å²) in [5, 5.41) is 0. The second-order valence-corrected chi connectivity index (χ2v) is 10.7. The molecular formula is C27H50N2O7. The predicted octanol–water partition coefficient (Wildman–Crippen LogP) is 2.94. The molecule has 1 saturated carbocycles. The van der Waals surface area contributed by atoms with Crippen molar-refractivity contribution in [3.63, 3.8) is 0 Å². The van der Waals surface area contributed by atoms with Crippen LogP contribution in [0, 0.1) is 11.8 Å². The molecular weight excluding hydrogens is 464 g/mol. The Labute approximate surface area is 218 Å². The van der Waals surface area contributed by atoms with Crippen LogP contribution in [0.2, 0.25) is 0 Å². The van der Waals surface area contributed by atoms with E-state index in [4.69, 9.17) is 18.9 Å². The third-order valence-corrected chi connectivity index (χ3v) is 6.72. The molecule has 1 aliphatic rings. The summed E-state index contributed by atoms with van der Waals surface area (Å²) in [6.07, 6.45) is 2.44. The van der Waals surface area contributed by atoms with Crippen molar-refractivity contribution in [2.24, 2.45) is 11.8 Å². The Morgan fingerprint density at radius 3 is 1.69 bits per heavy atom. The summed E-state index contributed by atoms with van der Waals surface area (Å²) in [5.41, 5.74) is 0. The molecule has 9 heteroatoms. The quantitative estimate of drug-likeness (QED) is 0.181. The average molecular weight is 515 g/mol. The molecule has 1 fully saturated rings. The third-order valence-electron chi connectivity index (χ3n) is 6.72. The highest BCUT2D eigenvalue weighted by atomic mass is 16.5. The van der Waals surface area contributed by atoms with E-state index >= 15 is 0 Å². The van der Waals surface area contributed by atoms with Gasteiger partial charge in [-0.15, -0.1) is 0 Å². The molecule has 0 aromatic rings. The first kappa shape index (κ1) is 32.6. The van der Waals surface area contributed by atoms with Gasteiger partial charge in [-0.1, -0.05) is 27.7 Å². The van der Waals surface area contributed by atoms with Gasteiger partial charge >= 0.3 is 0 Å². The van der Waals surface area contributed by atoms with Crippen LogP contribution in [0.15, 0.2) is 0 Å². The molecule has 210 valence electrons. The fourth-order valence-electron chi connectivity index (χ4n) is 3.29. The minimum Gasteiger partial charge on any atom is -0.379 e. The average Bonchev–Trinajstić information content (AvgIpc) is 2.79. The van der Waals surface area contributed by atoms with Gasteiger partial charge in [0, 0.05) is 50.6 Å². The number of rotatable bonds is 20. The van der Waals surface area contributed by atoms with E-state index in [1.807, 2.05) is 34.7 Å². The van der Waals surface area contributed by atoms with Gasteiger partial charge in [0.2, 0.25) is 5.91 Å². The lowest BCUT2D eigenvalue weighted by atomic mass is 9.92. The number of amides is 1. The zero-order valence-electron chi connectivity index (χ0n) is 23.8. The molecule has 1 aliphatic carbocycles. The molecule has 0 aliphatic heterocycles. The van der Waals surface area contributed by atoms with Gasteiger partial charge in [-0.3, -0.25) is 19.3 Å². The molecule has 0 spiro atoms. The Kier molecular flexibility index (Phi) is 15.6. The molecule has 0 aromatic carbocycles. The van der Waals surface area contributed by atoms with Crippen LogP contribution in [0.3, 0.4) is 0 Å². The zero-order chi connectivity index (χ0) is 27.3. The largest absolute Gasteiger partial charge is 0.379 e. The second kappa shape index (κ2) is 17.2. The Hall–Kier alpha value is -1.39. The summed E-state index contributed by atoms with van der Waals surface area (Å²) in [5.74, 6) is 0.0750. The Balaban J connectivity index is 2.44. The van der Waals surface area contributed by atoms with Crippen LogP contribution in [0.4, 0.5) is 0 Å². The van der Waals surface area contributed by atoms with Crippen molar-refractivity contribution in [1.82, 2.24) is 9.80 Å². The molecule has 0 radical (unpaired) electrons. The molecule has 0 saturated heterocycles. The molecule has 0 unspecified atom stereocenters. The number of nitrogens with zero attached hydrogens (tertiary/aromatic N) is 2. The number of hydrogen-bond donors (Lipinski definition) is 0. The Morgan fingerprint density at radius 2 is 1.25 bits per heavy atom. The van der Waals surface area contributed by atoms with E-state index in [0.29, 0.717) is 38.8 Å². The monoisotopic (exact) mass is 514 g/mol. The Morgan fingerprint density at radius 1 is 0.778 bits per heavy atom. The van der Waals surface area contributed by atoms with Crippen molar-refractivity contribution >= 4 is 17.5 Å². The van der Waals surface area contributed by atoms with E-state index in [-0.39, 0.29) is 67.4 Å². The molecule has 1 amide bonds. The van der Waals surface area contributed by atoms with Crippen molar-refractivity contribution in [2.75, 3.05) is 53.9 Å². The summed E-state index contributed by atoms with van der Waals surface area (Å²) >= 11 is 0. The van der Waals surface area contributed by atoms with Crippen LogP contribution in [-0.2, 0) is 33.3 Å².